The van der Waals surface area contributed by atoms with Crippen molar-refractivity contribution in [2.75, 3.05) is 26.2 Å². The average Bonchev–Trinajstić information content (AvgIpc) is 3.23. The van der Waals surface area contributed by atoms with Crippen molar-refractivity contribution in [2.45, 2.75) is 50.0 Å². The number of likely N-dealkylation sites (tertiary alicyclic amines) is 1. The van der Waals surface area contributed by atoms with Crippen molar-refractivity contribution in [1.82, 2.24) is 10.2 Å². The molecule has 2 amide bonds. The van der Waals surface area contributed by atoms with E-state index in [4.69, 9.17) is 19.9 Å². The van der Waals surface area contributed by atoms with E-state index in [1.807, 2.05) is 18.2 Å². The lowest BCUT2D eigenvalue weighted by Gasteiger charge is -2.35. The van der Waals surface area contributed by atoms with E-state index in [0.717, 1.165) is 6.42 Å². The second-order valence-electron chi connectivity index (χ2n) is 7.53. The number of nitrogens with two attached hydrogens (primary N) is 1. The molecular formula is C20H27N3O5. The summed E-state index contributed by atoms with van der Waals surface area (Å²) < 4.78 is 17.1. The normalized spacial score (nSPS) is 27.5. The van der Waals surface area contributed by atoms with Gasteiger partial charge >= 0.3 is 0 Å². The van der Waals surface area contributed by atoms with Crippen LogP contribution in [0.5, 0.6) is 11.5 Å². The van der Waals surface area contributed by atoms with E-state index in [1.54, 1.807) is 11.0 Å². The van der Waals surface area contributed by atoms with Crippen LogP contribution in [0.4, 0.5) is 0 Å². The fourth-order valence-corrected chi connectivity index (χ4v) is 3.96. The Morgan fingerprint density at radius 2 is 1.82 bits per heavy atom. The lowest BCUT2D eigenvalue weighted by molar-refractivity contribution is -0.142. The van der Waals surface area contributed by atoms with Crippen molar-refractivity contribution < 1.29 is 23.8 Å². The molecule has 3 aliphatic heterocycles. The van der Waals surface area contributed by atoms with Gasteiger partial charge in [-0.05, 0) is 37.8 Å². The number of hydrogen-bond donors (Lipinski definition) is 2. The molecule has 8 nitrogen and oxygen atoms in total. The predicted molar refractivity (Wildman–Crippen MR) is 101 cm³/mol. The molecule has 0 aliphatic carbocycles. The molecule has 8 heteroatoms. The van der Waals surface area contributed by atoms with Crippen molar-refractivity contribution in [3.63, 3.8) is 0 Å². The first-order valence-electron chi connectivity index (χ1n) is 9.97. The zero-order valence-electron chi connectivity index (χ0n) is 15.8. The summed E-state index contributed by atoms with van der Waals surface area (Å²) in [4.78, 5) is 26.9. The number of ether oxygens (including phenoxy) is 3. The minimum atomic E-state index is -0.624. The zero-order chi connectivity index (χ0) is 19.5. The third-order valence-corrected chi connectivity index (χ3v) is 5.60. The van der Waals surface area contributed by atoms with Crippen LogP contribution in [0.1, 0.15) is 25.7 Å². The van der Waals surface area contributed by atoms with Crippen LogP contribution in [0, 0.1) is 0 Å². The number of para-hydroxylation sites is 2. The van der Waals surface area contributed by atoms with Gasteiger partial charge in [-0.25, -0.2) is 0 Å². The molecule has 3 heterocycles. The smallest absolute Gasteiger partial charge is 0.267 e. The van der Waals surface area contributed by atoms with E-state index in [1.165, 1.54) is 0 Å². The first-order chi connectivity index (χ1) is 13.6. The van der Waals surface area contributed by atoms with Gasteiger partial charge in [0.05, 0.1) is 6.10 Å². The molecule has 0 radical (unpaired) electrons. The molecule has 2 saturated heterocycles. The van der Waals surface area contributed by atoms with Crippen LogP contribution >= 0.6 is 0 Å². The van der Waals surface area contributed by atoms with Crippen molar-refractivity contribution in [3.8, 4) is 11.5 Å². The van der Waals surface area contributed by atoms with E-state index in [-0.39, 0.29) is 30.6 Å². The van der Waals surface area contributed by atoms with Gasteiger partial charge in [0.25, 0.3) is 5.91 Å². The van der Waals surface area contributed by atoms with Crippen LogP contribution in [0.25, 0.3) is 0 Å². The molecule has 3 N–H and O–H groups in total. The number of carbonyl (C=O) groups is 2. The van der Waals surface area contributed by atoms with Gasteiger partial charge < -0.3 is 30.2 Å². The van der Waals surface area contributed by atoms with Gasteiger partial charge in [-0.2, -0.15) is 0 Å². The van der Waals surface area contributed by atoms with Crippen molar-refractivity contribution in [2.24, 2.45) is 5.73 Å². The summed E-state index contributed by atoms with van der Waals surface area (Å²) in [6.07, 6.45) is 1.93. The molecule has 1 unspecified atom stereocenters. The SMILES string of the molecule is NC[C@H]1CC[C@@H](C(=O)NC2CCN(C(=O)C3COc4ccccc4O3)CC2)O1. The van der Waals surface area contributed by atoms with Crippen molar-refractivity contribution in [1.29, 1.82) is 0 Å². The number of piperidine rings is 1. The topological polar surface area (TPSA) is 103 Å². The number of hydrogen-bond acceptors (Lipinski definition) is 6. The molecular weight excluding hydrogens is 362 g/mol. The van der Waals surface area contributed by atoms with E-state index in [0.29, 0.717) is 50.4 Å². The van der Waals surface area contributed by atoms with Crippen LogP contribution in [0.15, 0.2) is 24.3 Å². The Kier molecular flexibility index (Phi) is 5.68. The lowest BCUT2D eigenvalue weighted by Crippen LogP contribution is -2.52. The highest BCUT2D eigenvalue weighted by Gasteiger charge is 2.35. The fraction of sp³-hybridized carbons (Fsp3) is 0.600. The van der Waals surface area contributed by atoms with E-state index in [9.17, 15) is 9.59 Å². The van der Waals surface area contributed by atoms with Crippen molar-refractivity contribution >= 4 is 11.8 Å². The van der Waals surface area contributed by atoms with E-state index in [2.05, 4.69) is 5.32 Å². The molecule has 0 aromatic heterocycles. The molecule has 0 spiro atoms. The summed E-state index contributed by atoms with van der Waals surface area (Å²) in [5.74, 6) is 1.13. The average molecular weight is 389 g/mol. The number of benzene rings is 1. The molecule has 1 aromatic rings. The number of fused-ring (bicyclic) bond motifs is 1. The molecule has 28 heavy (non-hydrogen) atoms. The van der Waals surface area contributed by atoms with Gasteiger partial charge in [0, 0.05) is 25.7 Å². The Hall–Kier alpha value is -2.32. The highest BCUT2D eigenvalue weighted by atomic mass is 16.6. The Morgan fingerprint density at radius 1 is 1.07 bits per heavy atom. The molecule has 1 aromatic carbocycles. The van der Waals surface area contributed by atoms with E-state index >= 15 is 0 Å². The first kappa shape index (κ1) is 19.0. The second-order valence-corrected chi connectivity index (χ2v) is 7.53. The minimum Gasteiger partial charge on any atom is -0.485 e. The minimum absolute atomic E-state index is 0.0157. The Bertz CT molecular complexity index is 720. The molecule has 3 aliphatic rings. The third kappa shape index (κ3) is 4.07. The predicted octanol–water partition coefficient (Wildman–Crippen LogP) is 0.440. The van der Waals surface area contributed by atoms with Crippen LogP contribution in [-0.4, -0.2) is 67.3 Å². The van der Waals surface area contributed by atoms with Gasteiger partial charge in [0.1, 0.15) is 12.7 Å². The highest BCUT2D eigenvalue weighted by molar-refractivity contribution is 5.82. The fourth-order valence-electron chi connectivity index (χ4n) is 3.96. The molecule has 3 atom stereocenters. The van der Waals surface area contributed by atoms with Gasteiger partial charge in [-0.3, -0.25) is 9.59 Å². The number of carbonyl (C=O) groups excluding carboxylic acids is 2. The van der Waals surface area contributed by atoms with Crippen LogP contribution < -0.4 is 20.5 Å². The third-order valence-electron chi connectivity index (χ3n) is 5.60. The summed E-state index contributed by atoms with van der Waals surface area (Å²) in [5.41, 5.74) is 5.60. The molecule has 0 saturated carbocycles. The first-order valence-corrected chi connectivity index (χ1v) is 9.97. The van der Waals surface area contributed by atoms with Crippen molar-refractivity contribution in [3.05, 3.63) is 24.3 Å². The molecule has 152 valence electrons. The van der Waals surface area contributed by atoms with Gasteiger partial charge in [-0.15, -0.1) is 0 Å². The largest absolute Gasteiger partial charge is 0.485 e. The molecule has 0 bridgehead atoms. The maximum atomic E-state index is 12.8. The summed E-state index contributed by atoms with van der Waals surface area (Å²) in [6, 6.07) is 7.41. The summed E-state index contributed by atoms with van der Waals surface area (Å²) in [6.45, 7) is 1.83. The Morgan fingerprint density at radius 3 is 2.54 bits per heavy atom. The van der Waals surface area contributed by atoms with Gasteiger partial charge in [-0.1, -0.05) is 12.1 Å². The number of rotatable bonds is 4. The summed E-state index contributed by atoms with van der Waals surface area (Å²) in [5, 5.41) is 3.06. The van der Waals surface area contributed by atoms with Crippen LogP contribution in [0.2, 0.25) is 0 Å². The number of nitrogens with zero attached hydrogens (tertiary/aromatic N) is 1. The highest BCUT2D eigenvalue weighted by Crippen LogP contribution is 2.31. The summed E-state index contributed by atoms with van der Waals surface area (Å²) in [7, 11) is 0. The van der Waals surface area contributed by atoms with Crippen LogP contribution in [0.3, 0.4) is 0 Å². The van der Waals surface area contributed by atoms with Gasteiger partial charge in [0.15, 0.2) is 11.5 Å². The second kappa shape index (κ2) is 8.36. The lowest BCUT2D eigenvalue weighted by atomic mass is 10.0. The Labute approximate surface area is 164 Å². The standard InChI is InChI=1S/C20H27N3O5/c21-11-14-5-6-17(27-14)19(24)22-13-7-9-23(10-8-13)20(25)18-12-26-15-3-1-2-4-16(15)28-18/h1-4,13-14,17-18H,5-12,21H2,(H,22,24)/t14-,17+,18?/m1/s1. The monoisotopic (exact) mass is 389 g/mol. The quantitative estimate of drug-likeness (QED) is 0.775. The van der Waals surface area contributed by atoms with Crippen LogP contribution in [-0.2, 0) is 14.3 Å². The maximum absolute atomic E-state index is 12.8. The molecule has 4 rings (SSSR count). The Balaban J connectivity index is 1.24. The number of amides is 2. The van der Waals surface area contributed by atoms with Gasteiger partial charge in [0.2, 0.25) is 12.0 Å². The van der Waals surface area contributed by atoms with E-state index < -0.39 is 12.2 Å². The molecule has 2 fully saturated rings. The zero-order valence-corrected chi connectivity index (χ0v) is 15.8. The maximum Gasteiger partial charge on any atom is 0.267 e. The number of nitrogens with one attached hydrogen (secondary N) is 1. The summed E-state index contributed by atoms with van der Waals surface area (Å²) >= 11 is 0.